The molecule has 1 amide bonds. The molecule has 178 valence electrons. The molecular weight excluding hydrogens is 458 g/mol. The number of nitrogens with zero attached hydrogens (tertiary/aromatic N) is 5. The van der Waals surface area contributed by atoms with Crippen LogP contribution in [0.4, 0.5) is 11.5 Å². The van der Waals surface area contributed by atoms with Gasteiger partial charge in [0.1, 0.15) is 5.82 Å². The molecule has 2 aliphatic rings. The SMILES string of the molecule is CCN(CC)S(=O)(=O)c1ccc2c(c1)N(CC(=O)N1CCN(c3ccccn3)CC1)CCS2. The molecule has 3 heterocycles. The zero-order valence-corrected chi connectivity index (χ0v) is 20.8. The fourth-order valence-electron chi connectivity index (χ4n) is 4.28. The van der Waals surface area contributed by atoms with Crippen LogP contribution in [-0.2, 0) is 14.8 Å². The Morgan fingerprint density at radius 1 is 1.06 bits per heavy atom. The van der Waals surface area contributed by atoms with Gasteiger partial charge in [-0.05, 0) is 30.3 Å². The first-order valence-electron chi connectivity index (χ1n) is 11.4. The lowest BCUT2D eigenvalue weighted by molar-refractivity contribution is -0.130. The molecule has 0 unspecified atom stereocenters. The predicted octanol–water partition coefficient (Wildman–Crippen LogP) is 2.37. The van der Waals surface area contributed by atoms with E-state index in [0.717, 1.165) is 35.2 Å². The first kappa shape index (κ1) is 23.8. The van der Waals surface area contributed by atoms with E-state index in [-0.39, 0.29) is 17.3 Å². The number of fused-ring (bicyclic) bond motifs is 1. The molecule has 0 N–H and O–H groups in total. The standard InChI is InChI=1S/C23H31N5O3S2/c1-3-28(4-2)33(30,31)19-8-9-21-20(17-19)27(15-16-32-21)18-23(29)26-13-11-25(12-14-26)22-7-5-6-10-24-22/h5-10,17H,3-4,11-16,18H2,1-2H3. The van der Waals surface area contributed by atoms with Gasteiger partial charge in [0.05, 0.1) is 17.1 Å². The van der Waals surface area contributed by atoms with Crippen LogP contribution >= 0.6 is 11.8 Å². The summed E-state index contributed by atoms with van der Waals surface area (Å²) in [6.45, 7) is 8.32. The lowest BCUT2D eigenvalue weighted by Gasteiger charge is -2.37. The van der Waals surface area contributed by atoms with Crippen molar-refractivity contribution in [2.24, 2.45) is 0 Å². The monoisotopic (exact) mass is 489 g/mol. The second-order valence-corrected chi connectivity index (χ2v) is 11.1. The summed E-state index contributed by atoms with van der Waals surface area (Å²) in [6, 6.07) is 11.2. The van der Waals surface area contributed by atoms with Crippen LogP contribution in [0.25, 0.3) is 0 Å². The van der Waals surface area contributed by atoms with Crippen molar-refractivity contribution in [1.29, 1.82) is 0 Å². The maximum atomic E-state index is 13.1. The molecule has 0 radical (unpaired) electrons. The number of piperazine rings is 1. The lowest BCUT2D eigenvalue weighted by Crippen LogP contribution is -2.52. The molecule has 0 bridgehead atoms. The minimum Gasteiger partial charge on any atom is -0.360 e. The molecule has 0 saturated carbocycles. The number of benzene rings is 1. The second-order valence-electron chi connectivity index (χ2n) is 8.04. The zero-order valence-electron chi connectivity index (χ0n) is 19.2. The number of sulfonamides is 1. The number of thioether (sulfide) groups is 1. The van der Waals surface area contributed by atoms with Crippen molar-refractivity contribution in [1.82, 2.24) is 14.2 Å². The molecule has 1 aromatic carbocycles. The third-order valence-corrected chi connectivity index (χ3v) is 9.25. The van der Waals surface area contributed by atoms with Gasteiger partial charge in [0.15, 0.2) is 0 Å². The van der Waals surface area contributed by atoms with Crippen molar-refractivity contribution in [3.63, 3.8) is 0 Å². The molecule has 1 aromatic heterocycles. The first-order chi connectivity index (χ1) is 15.9. The molecule has 10 heteroatoms. The van der Waals surface area contributed by atoms with Gasteiger partial charge in [-0.15, -0.1) is 11.8 Å². The quantitative estimate of drug-likeness (QED) is 0.591. The molecule has 0 atom stereocenters. The Labute approximate surface area is 200 Å². The van der Waals surface area contributed by atoms with E-state index in [4.69, 9.17) is 0 Å². The molecule has 8 nitrogen and oxygen atoms in total. The van der Waals surface area contributed by atoms with Crippen LogP contribution in [0.2, 0.25) is 0 Å². The summed E-state index contributed by atoms with van der Waals surface area (Å²) in [5.74, 6) is 1.88. The van der Waals surface area contributed by atoms with Gasteiger partial charge in [-0.1, -0.05) is 19.9 Å². The maximum Gasteiger partial charge on any atom is 0.243 e. The Kier molecular flexibility index (Phi) is 7.45. The van der Waals surface area contributed by atoms with E-state index in [1.807, 2.05) is 47.9 Å². The summed E-state index contributed by atoms with van der Waals surface area (Å²) in [5.41, 5.74) is 0.833. The summed E-state index contributed by atoms with van der Waals surface area (Å²) < 4.78 is 27.5. The zero-order chi connectivity index (χ0) is 23.4. The topological polar surface area (TPSA) is 77.1 Å². The van der Waals surface area contributed by atoms with Gasteiger partial charge in [-0.25, -0.2) is 13.4 Å². The average Bonchev–Trinajstić information content (AvgIpc) is 2.85. The molecule has 33 heavy (non-hydrogen) atoms. The van der Waals surface area contributed by atoms with Crippen LogP contribution in [0.3, 0.4) is 0 Å². The van der Waals surface area contributed by atoms with Crippen molar-refractivity contribution >= 4 is 39.2 Å². The smallest absolute Gasteiger partial charge is 0.243 e. The number of anilines is 2. The summed E-state index contributed by atoms with van der Waals surface area (Å²) in [6.07, 6.45) is 1.79. The number of hydrogen-bond acceptors (Lipinski definition) is 7. The van der Waals surface area contributed by atoms with E-state index in [2.05, 4.69) is 9.88 Å². The molecule has 4 rings (SSSR count). The highest BCUT2D eigenvalue weighted by molar-refractivity contribution is 7.99. The van der Waals surface area contributed by atoms with Crippen LogP contribution in [0.15, 0.2) is 52.4 Å². The number of aromatic nitrogens is 1. The van der Waals surface area contributed by atoms with Crippen molar-refractivity contribution < 1.29 is 13.2 Å². The lowest BCUT2D eigenvalue weighted by atomic mass is 10.2. The second kappa shape index (κ2) is 10.3. The third-order valence-electron chi connectivity index (χ3n) is 6.16. The Hall–Kier alpha value is -2.30. The fraction of sp³-hybridized carbons (Fsp3) is 0.478. The van der Waals surface area contributed by atoms with Crippen molar-refractivity contribution in [3.05, 3.63) is 42.6 Å². The molecule has 0 aliphatic carbocycles. The highest BCUT2D eigenvalue weighted by Gasteiger charge is 2.28. The van der Waals surface area contributed by atoms with Gasteiger partial charge < -0.3 is 14.7 Å². The minimum atomic E-state index is -3.55. The number of carbonyl (C=O) groups is 1. The highest BCUT2D eigenvalue weighted by Crippen LogP contribution is 2.37. The summed E-state index contributed by atoms with van der Waals surface area (Å²) in [4.78, 5) is 25.0. The van der Waals surface area contributed by atoms with E-state index in [1.54, 1.807) is 30.1 Å². The van der Waals surface area contributed by atoms with Crippen LogP contribution in [0.1, 0.15) is 13.8 Å². The number of carbonyl (C=O) groups excluding carboxylic acids is 1. The normalized spacial score (nSPS) is 16.8. The fourth-order valence-corrected chi connectivity index (χ4v) is 6.79. The summed E-state index contributed by atoms with van der Waals surface area (Å²) >= 11 is 1.70. The highest BCUT2D eigenvalue weighted by atomic mass is 32.2. The Morgan fingerprint density at radius 3 is 2.48 bits per heavy atom. The Balaban J connectivity index is 1.45. The Bertz CT molecular complexity index is 1070. The first-order valence-corrected chi connectivity index (χ1v) is 13.8. The summed E-state index contributed by atoms with van der Waals surface area (Å²) in [7, 11) is -3.55. The Morgan fingerprint density at radius 2 is 1.82 bits per heavy atom. The van der Waals surface area contributed by atoms with E-state index in [9.17, 15) is 13.2 Å². The molecule has 1 saturated heterocycles. The van der Waals surface area contributed by atoms with E-state index in [1.165, 1.54) is 4.31 Å². The maximum absolute atomic E-state index is 13.1. The summed E-state index contributed by atoms with van der Waals surface area (Å²) in [5, 5.41) is 0. The van der Waals surface area contributed by atoms with Gasteiger partial charge in [0.2, 0.25) is 15.9 Å². The number of amides is 1. The molecule has 1 fully saturated rings. The number of pyridine rings is 1. The molecule has 0 spiro atoms. The van der Waals surface area contributed by atoms with E-state index < -0.39 is 10.0 Å². The molecule has 2 aromatic rings. The molecular formula is C23H31N5O3S2. The van der Waals surface area contributed by atoms with E-state index >= 15 is 0 Å². The number of hydrogen-bond donors (Lipinski definition) is 0. The van der Waals surface area contributed by atoms with Gasteiger partial charge >= 0.3 is 0 Å². The largest absolute Gasteiger partial charge is 0.360 e. The van der Waals surface area contributed by atoms with Gasteiger partial charge in [0, 0.05) is 62.7 Å². The van der Waals surface area contributed by atoms with E-state index in [0.29, 0.717) is 32.7 Å². The van der Waals surface area contributed by atoms with Crippen LogP contribution in [0.5, 0.6) is 0 Å². The van der Waals surface area contributed by atoms with Gasteiger partial charge in [-0.2, -0.15) is 4.31 Å². The van der Waals surface area contributed by atoms with Crippen LogP contribution in [-0.4, -0.2) is 86.6 Å². The van der Waals surface area contributed by atoms with Gasteiger partial charge in [-0.3, -0.25) is 4.79 Å². The number of rotatable bonds is 7. The van der Waals surface area contributed by atoms with Crippen LogP contribution < -0.4 is 9.80 Å². The average molecular weight is 490 g/mol. The van der Waals surface area contributed by atoms with Crippen LogP contribution in [0, 0.1) is 0 Å². The van der Waals surface area contributed by atoms with Gasteiger partial charge in [0.25, 0.3) is 0 Å². The third kappa shape index (κ3) is 5.12. The predicted molar refractivity (Wildman–Crippen MR) is 133 cm³/mol. The van der Waals surface area contributed by atoms with Crippen molar-refractivity contribution in [2.75, 3.05) is 67.9 Å². The van der Waals surface area contributed by atoms with Crippen molar-refractivity contribution in [3.8, 4) is 0 Å². The minimum absolute atomic E-state index is 0.0746. The molecule has 2 aliphatic heterocycles. The van der Waals surface area contributed by atoms with Crippen molar-refractivity contribution in [2.45, 2.75) is 23.6 Å².